The van der Waals surface area contributed by atoms with E-state index in [9.17, 15) is 9.59 Å². The van der Waals surface area contributed by atoms with Gasteiger partial charge in [0.1, 0.15) is 16.8 Å². The van der Waals surface area contributed by atoms with E-state index in [0.29, 0.717) is 53.1 Å². The zero-order valence-electron chi connectivity index (χ0n) is 13.8. The maximum atomic E-state index is 13.0. The van der Waals surface area contributed by atoms with E-state index in [1.807, 2.05) is 0 Å². The van der Waals surface area contributed by atoms with Crippen molar-refractivity contribution < 1.29 is 23.2 Å². The van der Waals surface area contributed by atoms with Crippen LogP contribution in [0.5, 0.6) is 0 Å². The van der Waals surface area contributed by atoms with E-state index < -0.39 is 0 Å². The van der Waals surface area contributed by atoms with Gasteiger partial charge in [-0.3, -0.25) is 14.9 Å². The van der Waals surface area contributed by atoms with Crippen LogP contribution < -0.4 is 5.32 Å². The molecule has 1 N–H and O–H groups in total. The number of thiazole rings is 1. The fourth-order valence-electron chi connectivity index (χ4n) is 2.83. The highest BCUT2D eigenvalue weighted by Crippen LogP contribution is 2.35. The Morgan fingerprint density at radius 1 is 1.19 bits per heavy atom. The molecule has 0 bridgehead atoms. The quantitative estimate of drug-likeness (QED) is 0.684. The minimum atomic E-state index is -0.344. The molecule has 1 aliphatic heterocycles. The molecule has 0 spiro atoms. The van der Waals surface area contributed by atoms with Gasteiger partial charge in [-0.05, 0) is 31.0 Å². The summed E-state index contributed by atoms with van der Waals surface area (Å²) in [5.74, 6) is 0.0698. The smallest absolute Gasteiger partial charge is 0.260 e. The average Bonchev–Trinajstić information content (AvgIpc) is 3.42. The molecule has 3 aromatic rings. The van der Waals surface area contributed by atoms with Crippen molar-refractivity contribution in [1.29, 1.82) is 0 Å². The van der Waals surface area contributed by atoms with Gasteiger partial charge in [-0.2, -0.15) is 0 Å². The van der Waals surface area contributed by atoms with Crippen LogP contribution in [0.15, 0.2) is 45.8 Å². The van der Waals surface area contributed by atoms with Gasteiger partial charge in [-0.25, -0.2) is 4.98 Å². The molecule has 4 rings (SSSR count). The third-order valence-corrected chi connectivity index (χ3v) is 5.19. The van der Waals surface area contributed by atoms with Gasteiger partial charge in [0.05, 0.1) is 18.1 Å². The summed E-state index contributed by atoms with van der Waals surface area (Å²) in [5.41, 5.74) is 0.844. The number of hydrogen-bond donors (Lipinski definition) is 1. The van der Waals surface area contributed by atoms with Crippen LogP contribution in [0.2, 0.25) is 0 Å². The van der Waals surface area contributed by atoms with E-state index in [1.165, 1.54) is 18.8 Å². The summed E-state index contributed by atoms with van der Waals surface area (Å²) in [6.07, 6.45) is 5.67. The Morgan fingerprint density at radius 3 is 2.73 bits per heavy atom. The van der Waals surface area contributed by atoms with Gasteiger partial charge in [-0.1, -0.05) is 11.3 Å². The molecule has 134 valence electrons. The lowest BCUT2D eigenvalue weighted by Crippen LogP contribution is -2.23. The number of Topliss-reactive ketones (excluding diaryl/α,β-unsaturated/α-hetero) is 1. The summed E-state index contributed by atoms with van der Waals surface area (Å²) >= 11 is 1.16. The van der Waals surface area contributed by atoms with Gasteiger partial charge in [0.2, 0.25) is 0 Å². The summed E-state index contributed by atoms with van der Waals surface area (Å²) in [6, 6.07) is 5.04. The number of rotatable bonds is 5. The van der Waals surface area contributed by atoms with Crippen molar-refractivity contribution in [2.75, 3.05) is 18.5 Å². The van der Waals surface area contributed by atoms with Crippen LogP contribution in [0.25, 0.3) is 11.5 Å². The maximum absolute atomic E-state index is 13.0. The highest BCUT2D eigenvalue weighted by atomic mass is 32.1. The minimum absolute atomic E-state index is 0.0148. The van der Waals surface area contributed by atoms with Crippen LogP contribution in [-0.4, -0.2) is 29.9 Å². The summed E-state index contributed by atoms with van der Waals surface area (Å²) in [6.45, 7) is 1.16. The van der Waals surface area contributed by atoms with Crippen LogP contribution in [0.3, 0.4) is 0 Å². The molecule has 1 saturated heterocycles. The zero-order chi connectivity index (χ0) is 17.9. The molecule has 7 nitrogen and oxygen atoms in total. The fraction of sp³-hybridized carbons (Fsp3) is 0.278. The lowest BCUT2D eigenvalue weighted by atomic mass is 9.94. The molecule has 0 aliphatic carbocycles. The average molecular weight is 372 g/mol. The standard InChI is InChI=1S/C18H16N2O5S/c21-15(11-3-7-23-8-4-11)16-14(13-2-1-6-25-13)19-18(26-16)20-17(22)12-5-9-24-10-12/h1-2,5-6,9-11H,3-4,7-8H2,(H,19,20,22). The van der Waals surface area contributed by atoms with Crippen molar-refractivity contribution in [2.45, 2.75) is 12.8 Å². The summed E-state index contributed by atoms with van der Waals surface area (Å²) in [7, 11) is 0. The van der Waals surface area contributed by atoms with Crippen molar-refractivity contribution in [3.8, 4) is 11.5 Å². The number of anilines is 1. The second-order valence-electron chi connectivity index (χ2n) is 5.89. The third-order valence-electron chi connectivity index (χ3n) is 4.20. The molecule has 1 fully saturated rings. The predicted molar refractivity (Wildman–Crippen MR) is 94.4 cm³/mol. The van der Waals surface area contributed by atoms with Crippen LogP contribution in [0.1, 0.15) is 32.9 Å². The molecule has 1 amide bonds. The number of nitrogens with zero attached hydrogens (tertiary/aromatic N) is 1. The molecule has 26 heavy (non-hydrogen) atoms. The molecule has 8 heteroatoms. The van der Waals surface area contributed by atoms with E-state index in [1.54, 1.807) is 18.2 Å². The number of aromatic nitrogens is 1. The molecule has 3 aromatic heterocycles. The SMILES string of the molecule is O=C(Nc1nc(-c2ccco2)c(C(=O)C2CCOCC2)s1)c1ccoc1. The third kappa shape index (κ3) is 3.33. The fourth-order valence-corrected chi connectivity index (χ4v) is 3.81. The molecule has 0 saturated carbocycles. The van der Waals surface area contributed by atoms with Crippen LogP contribution >= 0.6 is 11.3 Å². The number of nitrogens with one attached hydrogen (secondary N) is 1. The normalized spacial score (nSPS) is 15.1. The number of carbonyl (C=O) groups is 2. The van der Waals surface area contributed by atoms with Crippen LogP contribution in [0.4, 0.5) is 5.13 Å². The predicted octanol–water partition coefficient (Wildman–Crippen LogP) is 3.86. The number of amides is 1. The van der Waals surface area contributed by atoms with Gasteiger partial charge < -0.3 is 13.6 Å². The Balaban J connectivity index is 1.64. The molecule has 1 aliphatic rings. The Bertz CT molecular complexity index is 892. The lowest BCUT2D eigenvalue weighted by molar-refractivity contribution is 0.0547. The van der Waals surface area contributed by atoms with Gasteiger partial charge >= 0.3 is 0 Å². The second-order valence-corrected chi connectivity index (χ2v) is 6.89. The zero-order valence-corrected chi connectivity index (χ0v) is 14.6. The van der Waals surface area contributed by atoms with E-state index in [0.717, 1.165) is 11.3 Å². The van der Waals surface area contributed by atoms with Crippen molar-refractivity contribution in [3.05, 3.63) is 47.4 Å². The van der Waals surface area contributed by atoms with Crippen molar-refractivity contribution >= 4 is 28.2 Å². The first-order valence-electron chi connectivity index (χ1n) is 8.22. The monoisotopic (exact) mass is 372 g/mol. The topological polar surface area (TPSA) is 94.6 Å². The van der Waals surface area contributed by atoms with Crippen LogP contribution in [-0.2, 0) is 4.74 Å². The lowest BCUT2D eigenvalue weighted by Gasteiger charge is -2.20. The largest absolute Gasteiger partial charge is 0.472 e. The summed E-state index contributed by atoms with van der Waals surface area (Å²) < 4.78 is 15.7. The second kappa shape index (κ2) is 7.27. The van der Waals surface area contributed by atoms with Gasteiger partial charge in [0, 0.05) is 19.1 Å². The Labute approximate surface area is 153 Å². The Hall–Kier alpha value is -2.71. The van der Waals surface area contributed by atoms with Crippen molar-refractivity contribution in [1.82, 2.24) is 4.98 Å². The number of carbonyl (C=O) groups excluding carboxylic acids is 2. The molecular weight excluding hydrogens is 356 g/mol. The van der Waals surface area contributed by atoms with Gasteiger partial charge in [0.25, 0.3) is 5.91 Å². The maximum Gasteiger partial charge on any atom is 0.260 e. The number of ketones is 1. The van der Waals surface area contributed by atoms with Crippen LogP contribution in [0, 0.1) is 5.92 Å². The first kappa shape index (κ1) is 16.7. The van der Waals surface area contributed by atoms with Crippen molar-refractivity contribution in [3.63, 3.8) is 0 Å². The van der Waals surface area contributed by atoms with E-state index in [4.69, 9.17) is 13.6 Å². The molecule has 0 aromatic carbocycles. The molecule has 0 atom stereocenters. The van der Waals surface area contributed by atoms with E-state index in [2.05, 4.69) is 10.3 Å². The highest BCUT2D eigenvalue weighted by molar-refractivity contribution is 7.18. The van der Waals surface area contributed by atoms with E-state index >= 15 is 0 Å². The van der Waals surface area contributed by atoms with Gasteiger partial charge in [-0.15, -0.1) is 0 Å². The summed E-state index contributed by atoms with van der Waals surface area (Å²) in [5, 5.41) is 3.06. The van der Waals surface area contributed by atoms with Gasteiger partial charge in [0.15, 0.2) is 16.7 Å². The Morgan fingerprint density at radius 2 is 2.04 bits per heavy atom. The first-order chi connectivity index (χ1) is 12.7. The molecule has 0 radical (unpaired) electrons. The molecule has 4 heterocycles. The number of hydrogen-bond acceptors (Lipinski definition) is 7. The van der Waals surface area contributed by atoms with E-state index in [-0.39, 0.29) is 17.6 Å². The molecular formula is C18H16N2O5S. The minimum Gasteiger partial charge on any atom is -0.472 e. The van der Waals surface area contributed by atoms with Crippen molar-refractivity contribution in [2.24, 2.45) is 5.92 Å². The Kier molecular flexibility index (Phi) is 4.68. The number of furan rings is 2. The highest BCUT2D eigenvalue weighted by Gasteiger charge is 2.29. The molecule has 0 unspecified atom stereocenters. The number of ether oxygens (including phenoxy) is 1. The summed E-state index contributed by atoms with van der Waals surface area (Å²) in [4.78, 5) is 30.1. The first-order valence-corrected chi connectivity index (χ1v) is 9.04.